The van der Waals surface area contributed by atoms with Gasteiger partial charge >= 0.3 is 5.97 Å². The lowest BCUT2D eigenvalue weighted by Crippen LogP contribution is -2.36. The van der Waals surface area contributed by atoms with E-state index in [0.29, 0.717) is 0 Å². The Balaban J connectivity index is 3.27. The summed E-state index contributed by atoms with van der Waals surface area (Å²) >= 11 is 3.00. The van der Waals surface area contributed by atoms with Gasteiger partial charge in [0, 0.05) is 16.7 Å². The van der Waals surface area contributed by atoms with Crippen LogP contribution in [-0.2, 0) is 19.6 Å². The van der Waals surface area contributed by atoms with Crippen LogP contribution in [0.25, 0.3) is 0 Å². The van der Waals surface area contributed by atoms with Crippen molar-refractivity contribution in [3.8, 4) is 0 Å². The Bertz CT molecular complexity index is 621. The summed E-state index contributed by atoms with van der Waals surface area (Å²) in [5.41, 5.74) is 5.65. The molecule has 0 fully saturated rings. The molecule has 0 bridgehead atoms. The first-order valence-electron chi connectivity index (χ1n) is 5.55. The molecule has 2 N–H and O–H groups in total. The van der Waals surface area contributed by atoms with Gasteiger partial charge < -0.3 is 10.5 Å². The van der Waals surface area contributed by atoms with Gasteiger partial charge in [-0.25, -0.2) is 12.8 Å². The molecular weight excluding hydrogens is 355 g/mol. The van der Waals surface area contributed by atoms with Crippen LogP contribution in [0, 0.1) is 5.82 Å². The van der Waals surface area contributed by atoms with Crippen LogP contribution in [0.4, 0.5) is 10.1 Å². The second-order valence-corrected chi connectivity index (χ2v) is 6.57. The zero-order valence-electron chi connectivity index (χ0n) is 10.9. The molecule has 0 saturated carbocycles. The quantitative estimate of drug-likeness (QED) is 0.625. The number of likely N-dealkylation sites (N-methyl/N-ethyl adjacent to an activating group) is 1. The molecule has 0 spiro atoms. The Morgan fingerprint density at radius 2 is 2.10 bits per heavy atom. The van der Waals surface area contributed by atoms with Gasteiger partial charge in [-0.15, -0.1) is 0 Å². The standard InChI is InChI=1S/C11H14BrFN2O4S/c1-3-15(6-11(16)19-2)20(17,18)10-5-9(14)7(12)4-8(10)13/h4-5H,3,6,14H2,1-2H3. The van der Waals surface area contributed by atoms with Crippen LogP contribution >= 0.6 is 15.9 Å². The van der Waals surface area contributed by atoms with E-state index in [-0.39, 0.29) is 16.7 Å². The third kappa shape index (κ3) is 3.47. The third-order valence-corrected chi connectivity index (χ3v) is 5.18. The summed E-state index contributed by atoms with van der Waals surface area (Å²) in [6.07, 6.45) is 0. The lowest BCUT2D eigenvalue weighted by molar-refractivity contribution is -0.140. The number of hydrogen-bond acceptors (Lipinski definition) is 5. The predicted octanol–water partition coefficient (Wildman–Crippen LogP) is 1.35. The van der Waals surface area contributed by atoms with Gasteiger partial charge in [0.15, 0.2) is 0 Å². The van der Waals surface area contributed by atoms with Crippen molar-refractivity contribution in [1.29, 1.82) is 0 Å². The minimum Gasteiger partial charge on any atom is -0.468 e. The van der Waals surface area contributed by atoms with Gasteiger partial charge in [-0.1, -0.05) is 6.92 Å². The summed E-state index contributed by atoms with van der Waals surface area (Å²) in [5, 5.41) is 0. The molecule has 0 aliphatic heterocycles. The molecule has 112 valence electrons. The fraction of sp³-hybridized carbons (Fsp3) is 0.364. The molecule has 0 amide bonds. The minimum atomic E-state index is -4.17. The second-order valence-electron chi connectivity index (χ2n) is 3.81. The maximum atomic E-state index is 13.8. The fourth-order valence-corrected chi connectivity index (χ4v) is 3.25. The van der Waals surface area contributed by atoms with Crippen molar-refractivity contribution < 1.29 is 22.3 Å². The zero-order valence-corrected chi connectivity index (χ0v) is 13.3. The number of carbonyl (C=O) groups excluding carboxylic acids is 1. The van der Waals surface area contributed by atoms with Crippen molar-refractivity contribution in [3.63, 3.8) is 0 Å². The van der Waals surface area contributed by atoms with Crippen LogP contribution in [0.1, 0.15) is 6.92 Å². The Labute approximate surface area is 124 Å². The van der Waals surface area contributed by atoms with Crippen molar-refractivity contribution in [2.75, 3.05) is 25.9 Å². The molecule has 0 aromatic heterocycles. The Kier molecular flexibility index (Phi) is 5.49. The van der Waals surface area contributed by atoms with Crippen LogP contribution in [0.3, 0.4) is 0 Å². The summed E-state index contributed by atoms with van der Waals surface area (Å²) in [4.78, 5) is 10.6. The van der Waals surface area contributed by atoms with E-state index in [1.54, 1.807) is 0 Å². The number of esters is 1. The van der Waals surface area contributed by atoms with Crippen LogP contribution in [0.15, 0.2) is 21.5 Å². The Morgan fingerprint density at radius 3 is 2.60 bits per heavy atom. The average molecular weight is 369 g/mol. The summed E-state index contributed by atoms with van der Waals surface area (Å²) in [6, 6.07) is 1.98. The minimum absolute atomic E-state index is 0.00710. The molecule has 1 rings (SSSR count). The van der Waals surface area contributed by atoms with Gasteiger partial charge in [0.25, 0.3) is 0 Å². The Morgan fingerprint density at radius 1 is 1.50 bits per heavy atom. The van der Waals surface area contributed by atoms with Gasteiger partial charge in [0.05, 0.1) is 7.11 Å². The number of nitrogens with zero attached hydrogens (tertiary/aromatic N) is 1. The monoisotopic (exact) mass is 368 g/mol. The van der Waals surface area contributed by atoms with Crippen LogP contribution in [-0.4, -0.2) is 38.9 Å². The number of nitrogen functional groups attached to an aromatic ring is 1. The number of halogens is 2. The van der Waals surface area contributed by atoms with E-state index in [1.165, 1.54) is 6.92 Å². The number of sulfonamides is 1. The molecule has 0 unspecified atom stereocenters. The van der Waals surface area contributed by atoms with Crippen molar-refractivity contribution in [3.05, 3.63) is 22.4 Å². The van der Waals surface area contributed by atoms with E-state index in [1.807, 2.05) is 0 Å². The molecule has 9 heteroatoms. The van der Waals surface area contributed by atoms with Crippen molar-refractivity contribution in [2.24, 2.45) is 0 Å². The predicted molar refractivity (Wildman–Crippen MR) is 75.0 cm³/mol. The summed E-state index contributed by atoms with van der Waals surface area (Å²) in [6.45, 7) is 1.03. The van der Waals surface area contributed by atoms with Crippen LogP contribution in [0.2, 0.25) is 0 Å². The van der Waals surface area contributed by atoms with Gasteiger partial charge in [0.2, 0.25) is 10.0 Å². The molecule has 6 nitrogen and oxygen atoms in total. The van der Waals surface area contributed by atoms with Gasteiger partial charge in [-0.05, 0) is 28.1 Å². The van der Waals surface area contributed by atoms with E-state index in [0.717, 1.165) is 23.5 Å². The number of rotatable bonds is 5. The first-order valence-corrected chi connectivity index (χ1v) is 7.78. The lowest BCUT2D eigenvalue weighted by atomic mass is 10.3. The van der Waals surface area contributed by atoms with Crippen LogP contribution in [0.5, 0.6) is 0 Å². The highest BCUT2D eigenvalue weighted by molar-refractivity contribution is 9.10. The maximum absolute atomic E-state index is 13.8. The SMILES string of the molecule is CCN(CC(=O)OC)S(=O)(=O)c1cc(N)c(Br)cc1F. The Hall–Kier alpha value is -1.19. The normalized spacial score (nSPS) is 11.7. The second kappa shape index (κ2) is 6.51. The van der Waals surface area contributed by atoms with Crippen molar-refractivity contribution in [1.82, 2.24) is 4.31 Å². The van der Waals surface area contributed by atoms with Crippen LogP contribution < -0.4 is 5.73 Å². The maximum Gasteiger partial charge on any atom is 0.321 e. The van der Waals surface area contributed by atoms with E-state index < -0.39 is 33.3 Å². The number of carbonyl (C=O) groups is 1. The first kappa shape index (κ1) is 16.9. The van der Waals surface area contributed by atoms with Gasteiger partial charge in [0.1, 0.15) is 17.3 Å². The van der Waals surface area contributed by atoms with E-state index in [4.69, 9.17) is 5.73 Å². The van der Waals surface area contributed by atoms with Gasteiger partial charge in [-0.3, -0.25) is 4.79 Å². The van der Waals surface area contributed by atoms with E-state index in [2.05, 4.69) is 20.7 Å². The average Bonchev–Trinajstić information content (AvgIpc) is 2.39. The molecule has 1 aromatic rings. The smallest absolute Gasteiger partial charge is 0.321 e. The molecule has 0 heterocycles. The number of nitrogens with two attached hydrogens (primary N) is 1. The lowest BCUT2D eigenvalue weighted by Gasteiger charge is -2.19. The number of methoxy groups -OCH3 is 1. The highest BCUT2D eigenvalue weighted by Crippen LogP contribution is 2.27. The zero-order chi connectivity index (χ0) is 15.5. The highest BCUT2D eigenvalue weighted by Gasteiger charge is 2.29. The molecule has 20 heavy (non-hydrogen) atoms. The summed E-state index contributed by atoms with van der Waals surface area (Å²) < 4.78 is 43.9. The largest absolute Gasteiger partial charge is 0.468 e. The first-order chi connectivity index (χ1) is 9.23. The molecule has 0 aliphatic rings. The third-order valence-electron chi connectivity index (χ3n) is 2.55. The highest BCUT2D eigenvalue weighted by atomic mass is 79.9. The van der Waals surface area contributed by atoms with E-state index in [9.17, 15) is 17.6 Å². The van der Waals surface area contributed by atoms with Crippen molar-refractivity contribution >= 4 is 37.6 Å². The van der Waals surface area contributed by atoms with Gasteiger partial charge in [-0.2, -0.15) is 4.31 Å². The number of anilines is 1. The van der Waals surface area contributed by atoms with E-state index >= 15 is 0 Å². The fourth-order valence-electron chi connectivity index (χ4n) is 1.46. The molecular formula is C11H14BrFN2O4S. The number of hydrogen-bond donors (Lipinski definition) is 1. The summed E-state index contributed by atoms with van der Waals surface area (Å²) in [7, 11) is -3.03. The molecule has 0 aliphatic carbocycles. The molecule has 0 radical (unpaired) electrons. The topological polar surface area (TPSA) is 89.7 Å². The molecule has 1 aromatic carbocycles. The summed E-state index contributed by atoms with van der Waals surface area (Å²) in [5.74, 6) is -1.68. The number of ether oxygens (including phenoxy) is 1. The molecule has 0 atom stereocenters. The number of benzene rings is 1. The van der Waals surface area contributed by atoms with Crippen molar-refractivity contribution in [2.45, 2.75) is 11.8 Å². The molecule has 0 saturated heterocycles.